The van der Waals surface area contributed by atoms with E-state index in [2.05, 4.69) is 21.1 Å². The molecular formula is C35H34N6O8. The summed E-state index contributed by atoms with van der Waals surface area (Å²) in [6.07, 6.45) is 5.64. The summed E-state index contributed by atoms with van der Waals surface area (Å²) in [6.45, 7) is 1.11. The predicted molar refractivity (Wildman–Crippen MR) is 179 cm³/mol. The van der Waals surface area contributed by atoms with Crippen molar-refractivity contribution >= 4 is 36.1 Å². The molecule has 0 aliphatic heterocycles. The lowest BCUT2D eigenvalue weighted by Gasteiger charge is -2.08. The van der Waals surface area contributed by atoms with Crippen molar-refractivity contribution in [3.05, 3.63) is 130 Å². The van der Waals surface area contributed by atoms with Crippen LogP contribution in [0.1, 0.15) is 71.8 Å². The van der Waals surface area contributed by atoms with Gasteiger partial charge in [-0.1, -0.05) is 0 Å². The average Bonchev–Trinajstić information content (AvgIpc) is 3.15. The smallest absolute Gasteiger partial charge is 0.274 e. The summed E-state index contributed by atoms with van der Waals surface area (Å²) >= 11 is 0. The van der Waals surface area contributed by atoms with Crippen LogP contribution in [0.25, 0.3) is 0 Å². The van der Waals surface area contributed by atoms with Gasteiger partial charge in [-0.05, 0) is 127 Å². The van der Waals surface area contributed by atoms with Crippen molar-refractivity contribution in [3.63, 3.8) is 0 Å². The van der Waals surface area contributed by atoms with Crippen LogP contribution >= 0.6 is 0 Å². The van der Waals surface area contributed by atoms with Crippen LogP contribution in [0.4, 0.5) is 0 Å². The summed E-state index contributed by atoms with van der Waals surface area (Å²) in [5.74, 6) is -0.784. The molecule has 0 saturated carbocycles. The van der Waals surface area contributed by atoms with Crippen molar-refractivity contribution in [2.75, 3.05) is 13.2 Å². The number of hydrazone groups is 2. The molecule has 0 aromatic heterocycles. The van der Waals surface area contributed by atoms with Crippen LogP contribution in [0.5, 0.6) is 11.5 Å². The van der Waals surface area contributed by atoms with Crippen molar-refractivity contribution in [2.24, 2.45) is 10.2 Å². The number of hydrogen-bond acceptors (Lipinski definition) is 10. The van der Waals surface area contributed by atoms with E-state index in [0.717, 1.165) is 41.9 Å². The van der Waals surface area contributed by atoms with Crippen LogP contribution in [0, 0.1) is 0 Å². The number of rotatable bonds is 16. The topological polar surface area (TPSA) is 200 Å². The van der Waals surface area contributed by atoms with Crippen LogP contribution in [0.3, 0.4) is 0 Å². The van der Waals surface area contributed by atoms with Crippen molar-refractivity contribution in [2.45, 2.75) is 19.3 Å². The number of benzene rings is 4. The van der Waals surface area contributed by atoms with Gasteiger partial charge < -0.3 is 9.47 Å². The number of ether oxygens (including phenoxy) is 2. The van der Waals surface area contributed by atoms with E-state index in [9.17, 15) is 19.2 Å². The highest BCUT2D eigenvalue weighted by Crippen LogP contribution is 2.14. The molecule has 14 nitrogen and oxygen atoms in total. The van der Waals surface area contributed by atoms with Gasteiger partial charge in [0, 0.05) is 22.3 Å². The minimum Gasteiger partial charge on any atom is -0.494 e. The third-order valence-electron chi connectivity index (χ3n) is 6.87. The summed E-state index contributed by atoms with van der Waals surface area (Å²) in [4.78, 5) is 47.2. The number of nitrogens with one attached hydrogen (secondary N) is 4. The molecule has 0 heterocycles. The monoisotopic (exact) mass is 666 g/mol. The maximum atomic E-state index is 12.2. The fraction of sp³-hybridized carbons (Fsp3) is 0.143. The fourth-order valence-electron chi connectivity index (χ4n) is 4.20. The Labute approximate surface area is 281 Å². The zero-order valence-corrected chi connectivity index (χ0v) is 26.2. The van der Waals surface area contributed by atoms with Gasteiger partial charge in [-0.2, -0.15) is 10.2 Å². The van der Waals surface area contributed by atoms with E-state index in [1.165, 1.54) is 71.9 Å². The maximum Gasteiger partial charge on any atom is 0.274 e. The molecule has 0 fully saturated rings. The first-order chi connectivity index (χ1) is 23.9. The van der Waals surface area contributed by atoms with E-state index < -0.39 is 23.6 Å². The molecule has 0 aliphatic carbocycles. The van der Waals surface area contributed by atoms with Gasteiger partial charge in [0.25, 0.3) is 23.6 Å². The van der Waals surface area contributed by atoms with E-state index in [4.69, 9.17) is 19.9 Å². The van der Waals surface area contributed by atoms with Gasteiger partial charge in [-0.25, -0.2) is 21.8 Å². The molecule has 0 unspecified atom stereocenters. The molecule has 14 heteroatoms. The molecule has 4 amide bonds. The Morgan fingerprint density at radius 3 is 1.14 bits per heavy atom. The predicted octanol–water partition coefficient (Wildman–Crippen LogP) is 4.08. The molecule has 252 valence electrons. The molecule has 0 atom stereocenters. The Hall–Kier alpha value is -6.38. The Morgan fingerprint density at radius 1 is 0.490 bits per heavy atom. The standard InChI is InChI=1S/C35H34N6O8/c42-32(26-8-12-28(13-9-26)34(44)40-46)38-36-22-24-4-16-30(17-5-24)48-20-2-1-3-21-49-31-18-6-25(7-19-31)23-37-39-33(43)27-10-14-29(15-11-27)35(45)41-47/h4-19,22-23,46-47H,1-3,20-21H2,(H,38,42)(H,39,43)(H,40,44)(H,41,45)/b36-22+,37-23+. The van der Waals surface area contributed by atoms with E-state index >= 15 is 0 Å². The third-order valence-corrected chi connectivity index (χ3v) is 6.87. The molecule has 0 bridgehead atoms. The van der Waals surface area contributed by atoms with Crippen molar-refractivity contribution in [3.8, 4) is 11.5 Å². The van der Waals surface area contributed by atoms with Crippen LogP contribution in [0.2, 0.25) is 0 Å². The summed E-state index contributed by atoms with van der Waals surface area (Å²) in [7, 11) is 0. The highest BCUT2D eigenvalue weighted by molar-refractivity contribution is 5.98. The quantitative estimate of drug-likeness (QED) is 0.0445. The normalized spacial score (nSPS) is 10.8. The summed E-state index contributed by atoms with van der Waals surface area (Å²) in [5.41, 5.74) is 10.5. The van der Waals surface area contributed by atoms with E-state index in [1.807, 2.05) is 48.5 Å². The highest BCUT2D eigenvalue weighted by Gasteiger charge is 2.09. The Kier molecular flexibility index (Phi) is 13.5. The maximum absolute atomic E-state index is 12.2. The van der Waals surface area contributed by atoms with Gasteiger partial charge in [-0.3, -0.25) is 29.6 Å². The SMILES string of the molecule is O=C(NO)c1ccc(C(=O)N/N=C/c2ccc(OCCCCCOc3ccc(/C=N/NC(=O)c4ccc(C(=O)NO)cc4)cc3)cc2)cc1. The van der Waals surface area contributed by atoms with Crippen LogP contribution in [-0.2, 0) is 0 Å². The van der Waals surface area contributed by atoms with Gasteiger partial charge in [-0.15, -0.1) is 0 Å². The van der Waals surface area contributed by atoms with E-state index in [-0.39, 0.29) is 11.1 Å². The second-order valence-corrected chi connectivity index (χ2v) is 10.3. The molecule has 0 spiro atoms. The number of carbonyl (C=O) groups is 4. The van der Waals surface area contributed by atoms with Crippen LogP contribution < -0.4 is 31.3 Å². The largest absolute Gasteiger partial charge is 0.494 e. The molecule has 0 aliphatic rings. The molecule has 4 aromatic rings. The van der Waals surface area contributed by atoms with Crippen molar-refractivity contribution in [1.82, 2.24) is 21.8 Å². The molecule has 0 saturated heterocycles. The first-order valence-corrected chi connectivity index (χ1v) is 15.1. The lowest BCUT2D eigenvalue weighted by Crippen LogP contribution is -2.20. The number of nitrogens with zero attached hydrogens (tertiary/aromatic N) is 2. The van der Waals surface area contributed by atoms with E-state index in [0.29, 0.717) is 24.3 Å². The fourth-order valence-corrected chi connectivity index (χ4v) is 4.20. The van der Waals surface area contributed by atoms with Crippen LogP contribution in [-0.4, -0.2) is 59.7 Å². The lowest BCUT2D eigenvalue weighted by atomic mass is 10.1. The van der Waals surface area contributed by atoms with Crippen molar-refractivity contribution < 1.29 is 39.1 Å². The molecule has 4 aromatic carbocycles. The van der Waals surface area contributed by atoms with Crippen molar-refractivity contribution in [1.29, 1.82) is 0 Å². The first-order valence-electron chi connectivity index (χ1n) is 15.1. The zero-order chi connectivity index (χ0) is 34.8. The summed E-state index contributed by atoms with van der Waals surface area (Å²) < 4.78 is 11.6. The molecule has 0 radical (unpaired) electrons. The molecule has 49 heavy (non-hydrogen) atoms. The molecule has 6 N–H and O–H groups in total. The Balaban J connectivity index is 1.06. The number of carbonyl (C=O) groups excluding carboxylic acids is 4. The number of hydroxylamine groups is 2. The number of unbranched alkanes of at least 4 members (excludes halogenated alkanes) is 2. The minimum absolute atomic E-state index is 0.217. The second-order valence-electron chi connectivity index (χ2n) is 10.3. The van der Waals surface area contributed by atoms with Gasteiger partial charge >= 0.3 is 0 Å². The molecule has 4 rings (SSSR count). The average molecular weight is 667 g/mol. The van der Waals surface area contributed by atoms with Gasteiger partial charge in [0.15, 0.2) is 0 Å². The molecular weight excluding hydrogens is 632 g/mol. The van der Waals surface area contributed by atoms with E-state index in [1.54, 1.807) is 0 Å². The Bertz CT molecular complexity index is 1630. The number of amides is 4. The summed E-state index contributed by atoms with van der Waals surface area (Å²) in [5, 5.41) is 25.2. The van der Waals surface area contributed by atoms with Gasteiger partial charge in [0.05, 0.1) is 25.6 Å². The zero-order valence-electron chi connectivity index (χ0n) is 26.2. The Morgan fingerprint density at radius 2 is 0.816 bits per heavy atom. The van der Waals surface area contributed by atoms with Gasteiger partial charge in [0.1, 0.15) is 11.5 Å². The number of hydrogen-bond donors (Lipinski definition) is 6. The minimum atomic E-state index is -0.667. The summed E-state index contributed by atoms with van der Waals surface area (Å²) in [6, 6.07) is 26.0. The first kappa shape index (κ1) is 35.5. The lowest BCUT2D eigenvalue weighted by molar-refractivity contribution is 0.0702. The second kappa shape index (κ2) is 18.7. The highest BCUT2D eigenvalue weighted by atomic mass is 16.5. The third kappa shape index (κ3) is 11.4. The van der Waals surface area contributed by atoms with Gasteiger partial charge in [0.2, 0.25) is 0 Å². The van der Waals surface area contributed by atoms with Crippen LogP contribution in [0.15, 0.2) is 107 Å².